The molecule has 0 aliphatic rings. The molecule has 0 saturated heterocycles. The van der Waals surface area contributed by atoms with E-state index < -0.39 is 0 Å². The molecule has 112 valence electrons. The van der Waals surface area contributed by atoms with Crippen LogP contribution in [-0.4, -0.2) is 18.4 Å². The summed E-state index contributed by atoms with van der Waals surface area (Å²) in [7, 11) is 0. The van der Waals surface area contributed by atoms with Crippen LogP contribution in [0.5, 0.6) is 0 Å². The minimum Gasteiger partial charge on any atom is -0.463 e. The SMILES string of the molecule is CCOC(=O)C=Cc1ccc(C(=O)c2ccc(C)cc2)cc1. The van der Waals surface area contributed by atoms with Crippen LogP contribution in [0, 0.1) is 6.92 Å². The van der Waals surface area contributed by atoms with Crippen LogP contribution >= 0.6 is 0 Å². The minimum atomic E-state index is -0.373. The van der Waals surface area contributed by atoms with Crippen LogP contribution in [0.1, 0.15) is 34.0 Å². The molecule has 0 aliphatic carbocycles. The van der Waals surface area contributed by atoms with Crippen LogP contribution in [0.3, 0.4) is 0 Å². The molecule has 3 heteroatoms. The van der Waals surface area contributed by atoms with Gasteiger partial charge in [0.1, 0.15) is 0 Å². The summed E-state index contributed by atoms with van der Waals surface area (Å²) >= 11 is 0. The highest BCUT2D eigenvalue weighted by molar-refractivity contribution is 6.09. The molecular weight excluding hydrogens is 276 g/mol. The van der Waals surface area contributed by atoms with Gasteiger partial charge >= 0.3 is 5.97 Å². The van der Waals surface area contributed by atoms with E-state index in [0.717, 1.165) is 11.1 Å². The van der Waals surface area contributed by atoms with Crippen molar-refractivity contribution < 1.29 is 14.3 Å². The number of rotatable bonds is 5. The van der Waals surface area contributed by atoms with Gasteiger partial charge in [-0.15, -0.1) is 0 Å². The second-order valence-corrected chi connectivity index (χ2v) is 4.90. The number of carbonyl (C=O) groups excluding carboxylic acids is 2. The quantitative estimate of drug-likeness (QED) is 0.478. The van der Waals surface area contributed by atoms with E-state index in [9.17, 15) is 9.59 Å². The molecule has 3 nitrogen and oxygen atoms in total. The van der Waals surface area contributed by atoms with E-state index in [0.29, 0.717) is 17.7 Å². The van der Waals surface area contributed by atoms with Crippen LogP contribution in [0.15, 0.2) is 54.6 Å². The highest BCUT2D eigenvalue weighted by atomic mass is 16.5. The standard InChI is InChI=1S/C19H18O3/c1-3-22-18(20)13-8-15-6-11-17(12-7-15)19(21)16-9-4-14(2)5-10-16/h4-13H,3H2,1-2H3. The summed E-state index contributed by atoms with van der Waals surface area (Å²) in [6.45, 7) is 4.10. The van der Waals surface area contributed by atoms with Crippen molar-refractivity contribution >= 4 is 17.8 Å². The summed E-state index contributed by atoms with van der Waals surface area (Å²) in [5, 5.41) is 0. The maximum atomic E-state index is 12.3. The highest BCUT2D eigenvalue weighted by Gasteiger charge is 2.08. The summed E-state index contributed by atoms with van der Waals surface area (Å²) in [6.07, 6.45) is 3.04. The van der Waals surface area contributed by atoms with Crippen molar-refractivity contribution in [2.45, 2.75) is 13.8 Å². The third-order valence-corrected chi connectivity index (χ3v) is 3.19. The fourth-order valence-corrected chi connectivity index (χ4v) is 1.97. The molecule has 0 aliphatic heterocycles. The molecule has 0 saturated carbocycles. The van der Waals surface area contributed by atoms with E-state index in [2.05, 4.69) is 0 Å². The second-order valence-electron chi connectivity index (χ2n) is 4.90. The maximum absolute atomic E-state index is 12.3. The number of ether oxygens (including phenoxy) is 1. The first-order chi connectivity index (χ1) is 10.6. The Hall–Kier alpha value is -2.68. The van der Waals surface area contributed by atoms with E-state index in [1.165, 1.54) is 6.08 Å². The summed E-state index contributed by atoms with van der Waals surface area (Å²) < 4.78 is 4.81. The lowest BCUT2D eigenvalue weighted by Crippen LogP contribution is -2.01. The lowest BCUT2D eigenvalue weighted by Gasteiger charge is -2.02. The Labute approximate surface area is 130 Å². The van der Waals surface area contributed by atoms with Gasteiger partial charge in [0.2, 0.25) is 0 Å². The largest absolute Gasteiger partial charge is 0.463 e. The molecule has 0 N–H and O–H groups in total. The summed E-state index contributed by atoms with van der Waals surface area (Å²) in [5.41, 5.74) is 3.25. The Morgan fingerprint density at radius 1 is 0.955 bits per heavy atom. The predicted octanol–water partition coefficient (Wildman–Crippen LogP) is 3.80. The molecular formula is C19H18O3. The minimum absolute atomic E-state index is 0.0130. The van der Waals surface area contributed by atoms with Crippen molar-refractivity contribution in [2.75, 3.05) is 6.61 Å². The number of hydrogen-bond acceptors (Lipinski definition) is 3. The van der Waals surface area contributed by atoms with Gasteiger partial charge in [-0.3, -0.25) is 4.79 Å². The van der Waals surface area contributed by atoms with Crippen LogP contribution in [0.4, 0.5) is 0 Å². The van der Waals surface area contributed by atoms with Gasteiger partial charge in [0.25, 0.3) is 0 Å². The highest BCUT2D eigenvalue weighted by Crippen LogP contribution is 2.13. The average Bonchev–Trinajstić information content (AvgIpc) is 2.54. The summed E-state index contributed by atoms with van der Waals surface area (Å²) in [4.78, 5) is 23.6. The van der Waals surface area contributed by atoms with E-state index in [4.69, 9.17) is 4.74 Å². The third-order valence-electron chi connectivity index (χ3n) is 3.19. The zero-order valence-electron chi connectivity index (χ0n) is 12.7. The van der Waals surface area contributed by atoms with E-state index >= 15 is 0 Å². The first-order valence-corrected chi connectivity index (χ1v) is 7.16. The van der Waals surface area contributed by atoms with Gasteiger partial charge in [-0.2, -0.15) is 0 Å². The molecule has 0 bridgehead atoms. The molecule has 0 heterocycles. The lowest BCUT2D eigenvalue weighted by molar-refractivity contribution is -0.137. The number of benzene rings is 2. The fourth-order valence-electron chi connectivity index (χ4n) is 1.97. The van der Waals surface area contributed by atoms with Crippen molar-refractivity contribution in [1.82, 2.24) is 0 Å². The molecule has 2 aromatic rings. The molecule has 0 radical (unpaired) electrons. The Bertz CT molecular complexity index is 680. The second kappa shape index (κ2) is 7.36. The molecule has 22 heavy (non-hydrogen) atoms. The fraction of sp³-hybridized carbons (Fsp3) is 0.158. The molecule has 0 aromatic heterocycles. The topological polar surface area (TPSA) is 43.4 Å². The zero-order chi connectivity index (χ0) is 15.9. The van der Waals surface area contributed by atoms with Crippen LogP contribution in [0.2, 0.25) is 0 Å². The first kappa shape index (κ1) is 15.7. The molecule has 0 amide bonds. The number of aryl methyl sites for hydroxylation is 1. The number of carbonyl (C=O) groups is 2. The van der Waals surface area contributed by atoms with Crippen molar-refractivity contribution in [3.05, 3.63) is 76.9 Å². The third kappa shape index (κ3) is 4.16. The van der Waals surface area contributed by atoms with Gasteiger partial charge in [-0.25, -0.2) is 4.79 Å². The van der Waals surface area contributed by atoms with Gasteiger partial charge in [-0.05, 0) is 25.5 Å². The number of ketones is 1. The molecule has 0 atom stereocenters. The molecule has 2 aromatic carbocycles. The van der Waals surface area contributed by atoms with E-state index in [1.54, 1.807) is 37.3 Å². The van der Waals surface area contributed by atoms with Gasteiger partial charge in [0, 0.05) is 17.2 Å². The van der Waals surface area contributed by atoms with Gasteiger partial charge in [0.15, 0.2) is 5.78 Å². The summed E-state index contributed by atoms with van der Waals surface area (Å²) in [6, 6.07) is 14.6. The number of esters is 1. The van der Waals surface area contributed by atoms with Crippen LogP contribution in [0.25, 0.3) is 6.08 Å². The molecule has 2 rings (SSSR count). The van der Waals surface area contributed by atoms with E-state index in [-0.39, 0.29) is 11.8 Å². The van der Waals surface area contributed by atoms with Crippen molar-refractivity contribution in [3.8, 4) is 0 Å². The van der Waals surface area contributed by atoms with Gasteiger partial charge < -0.3 is 4.74 Å². The summed E-state index contributed by atoms with van der Waals surface area (Å²) in [5.74, 6) is -0.386. The van der Waals surface area contributed by atoms with Crippen molar-refractivity contribution in [1.29, 1.82) is 0 Å². The average molecular weight is 294 g/mol. The van der Waals surface area contributed by atoms with Crippen LogP contribution < -0.4 is 0 Å². The smallest absolute Gasteiger partial charge is 0.330 e. The Kier molecular flexibility index (Phi) is 5.26. The Balaban J connectivity index is 2.10. The molecule has 0 unspecified atom stereocenters. The van der Waals surface area contributed by atoms with E-state index in [1.807, 2.05) is 31.2 Å². The lowest BCUT2D eigenvalue weighted by atomic mass is 10.0. The predicted molar refractivity (Wildman–Crippen MR) is 86.7 cm³/mol. The molecule has 0 spiro atoms. The number of hydrogen-bond donors (Lipinski definition) is 0. The van der Waals surface area contributed by atoms with Crippen molar-refractivity contribution in [3.63, 3.8) is 0 Å². The van der Waals surface area contributed by atoms with Crippen molar-refractivity contribution in [2.24, 2.45) is 0 Å². The monoisotopic (exact) mass is 294 g/mol. The Morgan fingerprint density at radius 2 is 1.50 bits per heavy atom. The van der Waals surface area contributed by atoms with Gasteiger partial charge in [-0.1, -0.05) is 54.1 Å². The van der Waals surface area contributed by atoms with Gasteiger partial charge in [0.05, 0.1) is 6.61 Å². The normalized spacial score (nSPS) is 10.6. The molecule has 0 fully saturated rings. The first-order valence-electron chi connectivity index (χ1n) is 7.16. The zero-order valence-corrected chi connectivity index (χ0v) is 12.7. The maximum Gasteiger partial charge on any atom is 0.330 e. The van der Waals surface area contributed by atoms with Crippen LogP contribution in [-0.2, 0) is 9.53 Å². The Morgan fingerprint density at radius 3 is 2.05 bits per heavy atom.